The topological polar surface area (TPSA) is 59.7 Å². The second-order valence-electron chi connectivity index (χ2n) is 9.44. The van der Waals surface area contributed by atoms with Crippen molar-refractivity contribution in [3.63, 3.8) is 0 Å². The second kappa shape index (κ2) is 11.1. The zero-order chi connectivity index (χ0) is 24.0. The lowest BCUT2D eigenvalue weighted by Gasteiger charge is -2.33. The highest BCUT2D eigenvalue weighted by molar-refractivity contribution is 6.31. The van der Waals surface area contributed by atoms with Crippen LogP contribution in [0.15, 0.2) is 73.1 Å². The Balaban J connectivity index is 1.60. The molecule has 5 rings (SSSR count). The summed E-state index contributed by atoms with van der Waals surface area (Å²) in [4.78, 5) is 6.77. The number of hydrogen-bond acceptors (Lipinski definition) is 5. The van der Waals surface area contributed by atoms with Crippen molar-refractivity contribution in [3.8, 4) is 0 Å². The molecule has 35 heavy (non-hydrogen) atoms. The van der Waals surface area contributed by atoms with E-state index in [1.54, 1.807) is 0 Å². The van der Waals surface area contributed by atoms with Gasteiger partial charge in [-0.2, -0.15) is 0 Å². The van der Waals surface area contributed by atoms with Crippen LogP contribution in [0.25, 0.3) is 0 Å². The van der Waals surface area contributed by atoms with Gasteiger partial charge in [-0.15, -0.1) is 5.10 Å². The standard InChI is InChI=1S/C28H31ClN6/c1-21-13-15-23(16-14-21)27(28-31-32-33-35(28)25-10-3-2-4-11-25)34(19-22-8-7-17-30-18-22)20-24-9-5-6-12-26(24)29/h5-9,12-18,25,27H,2-4,10-11,19-20H2,1H3/t27-/m0/s1. The molecule has 0 amide bonds. The number of rotatable bonds is 8. The average molecular weight is 487 g/mol. The Morgan fingerprint density at radius 2 is 1.77 bits per heavy atom. The van der Waals surface area contributed by atoms with Gasteiger partial charge in [0.25, 0.3) is 0 Å². The number of benzene rings is 2. The summed E-state index contributed by atoms with van der Waals surface area (Å²) >= 11 is 6.64. The van der Waals surface area contributed by atoms with Gasteiger partial charge in [-0.1, -0.05) is 85.0 Å². The molecule has 0 saturated heterocycles. The first-order chi connectivity index (χ1) is 17.2. The molecule has 2 aromatic heterocycles. The van der Waals surface area contributed by atoms with Gasteiger partial charge in [-0.05, 0) is 59.0 Å². The molecule has 0 unspecified atom stereocenters. The molecule has 4 aromatic rings. The minimum Gasteiger partial charge on any atom is -0.281 e. The van der Waals surface area contributed by atoms with E-state index in [1.165, 1.54) is 30.4 Å². The van der Waals surface area contributed by atoms with Crippen LogP contribution in [0.2, 0.25) is 5.02 Å². The molecule has 1 saturated carbocycles. The highest BCUT2D eigenvalue weighted by atomic mass is 35.5. The first-order valence-corrected chi connectivity index (χ1v) is 12.8. The van der Waals surface area contributed by atoms with E-state index in [2.05, 4.69) is 73.4 Å². The Bertz CT molecular complexity index is 1220. The third-order valence-corrected chi connectivity index (χ3v) is 7.25. The van der Waals surface area contributed by atoms with Crippen LogP contribution in [0.5, 0.6) is 0 Å². The summed E-state index contributed by atoms with van der Waals surface area (Å²) in [6.07, 6.45) is 9.70. The fourth-order valence-corrected chi connectivity index (χ4v) is 5.24. The molecule has 7 heteroatoms. The molecule has 0 spiro atoms. The van der Waals surface area contributed by atoms with E-state index in [9.17, 15) is 0 Å². The summed E-state index contributed by atoms with van der Waals surface area (Å²) in [5.74, 6) is 0.886. The summed E-state index contributed by atoms with van der Waals surface area (Å²) in [5.41, 5.74) is 4.60. The quantitative estimate of drug-likeness (QED) is 0.291. The van der Waals surface area contributed by atoms with Crippen LogP contribution >= 0.6 is 11.6 Å². The fourth-order valence-electron chi connectivity index (χ4n) is 5.05. The molecule has 6 nitrogen and oxygen atoms in total. The van der Waals surface area contributed by atoms with E-state index in [-0.39, 0.29) is 6.04 Å². The van der Waals surface area contributed by atoms with Crippen molar-refractivity contribution in [1.29, 1.82) is 0 Å². The Morgan fingerprint density at radius 3 is 2.51 bits per heavy atom. The van der Waals surface area contributed by atoms with Crippen molar-refractivity contribution in [1.82, 2.24) is 30.1 Å². The Hall–Kier alpha value is -3.09. The van der Waals surface area contributed by atoms with Gasteiger partial charge in [0.15, 0.2) is 5.82 Å². The molecule has 0 aliphatic heterocycles. The van der Waals surface area contributed by atoms with Crippen LogP contribution in [0.3, 0.4) is 0 Å². The molecular formula is C28H31ClN6. The molecule has 1 atom stereocenters. The number of halogens is 1. The van der Waals surface area contributed by atoms with Crippen LogP contribution in [-0.2, 0) is 13.1 Å². The smallest absolute Gasteiger partial charge is 0.173 e. The Morgan fingerprint density at radius 1 is 0.971 bits per heavy atom. The monoisotopic (exact) mass is 486 g/mol. The highest BCUT2D eigenvalue weighted by Crippen LogP contribution is 2.35. The van der Waals surface area contributed by atoms with E-state index in [0.717, 1.165) is 34.8 Å². The van der Waals surface area contributed by atoms with Crippen molar-refractivity contribution in [2.24, 2.45) is 0 Å². The van der Waals surface area contributed by atoms with Crippen LogP contribution in [-0.4, -0.2) is 30.1 Å². The summed E-state index contributed by atoms with van der Waals surface area (Å²) in [6, 6.07) is 21.1. The SMILES string of the molecule is Cc1ccc([C@@H](c2nnnn2C2CCCCC2)N(Cc2cccnc2)Cc2ccccc2Cl)cc1. The van der Waals surface area contributed by atoms with Gasteiger partial charge >= 0.3 is 0 Å². The van der Waals surface area contributed by atoms with E-state index < -0.39 is 0 Å². The lowest BCUT2D eigenvalue weighted by atomic mass is 9.94. The van der Waals surface area contributed by atoms with Crippen LogP contribution in [0, 0.1) is 6.92 Å². The summed E-state index contributed by atoms with van der Waals surface area (Å²) in [7, 11) is 0. The van der Waals surface area contributed by atoms with Gasteiger partial charge in [0, 0.05) is 30.5 Å². The number of nitrogens with zero attached hydrogens (tertiary/aromatic N) is 6. The van der Waals surface area contributed by atoms with Crippen LogP contribution < -0.4 is 0 Å². The lowest BCUT2D eigenvalue weighted by Crippen LogP contribution is -2.32. The molecule has 1 aliphatic carbocycles. The highest BCUT2D eigenvalue weighted by Gasteiger charge is 2.31. The molecular weight excluding hydrogens is 456 g/mol. The predicted molar refractivity (Wildman–Crippen MR) is 138 cm³/mol. The van der Waals surface area contributed by atoms with Crippen molar-refractivity contribution < 1.29 is 0 Å². The van der Waals surface area contributed by atoms with E-state index >= 15 is 0 Å². The maximum absolute atomic E-state index is 6.64. The third kappa shape index (κ3) is 5.60. The first kappa shape index (κ1) is 23.6. The largest absolute Gasteiger partial charge is 0.281 e. The van der Waals surface area contributed by atoms with E-state index in [0.29, 0.717) is 19.1 Å². The minimum atomic E-state index is -0.135. The summed E-state index contributed by atoms with van der Waals surface area (Å²) in [6.45, 7) is 3.46. The normalized spacial score (nSPS) is 15.4. The van der Waals surface area contributed by atoms with Gasteiger partial charge in [0.2, 0.25) is 0 Å². The van der Waals surface area contributed by atoms with Crippen molar-refractivity contribution in [2.45, 2.75) is 64.2 Å². The van der Waals surface area contributed by atoms with Gasteiger partial charge < -0.3 is 0 Å². The van der Waals surface area contributed by atoms with E-state index in [4.69, 9.17) is 11.6 Å². The lowest BCUT2D eigenvalue weighted by molar-refractivity contribution is 0.187. The molecule has 180 valence electrons. The predicted octanol–water partition coefficient (Wildman–Crippen LogP) is 6.33. The molecule has 2 aromatic carbocycles. The van der Waals surface area contributed by atoms with Gasteiger partial charge in [0.05, 0.1) is 12.1 Å². The molecule has 1 fully saturated rings. The molecule has 0 radical (unpaired) electrons. The average Bonchev–Trinajstić information content (AvgIpc) is 3.37. The van der Waals surface area contributed by atoms with Gasteiger partial charge in [-0.25, -0.2) is 4.68 Å². The maximum atomic E-state index is 6.64. The van der Waals surface area contributed by atoms with Gasteiger partial charge in [0.1, 0.15) is 0 Å². The van der Waals surface area contributed by atoms with Crippen molar-refractivity contribution >= 4 is 11.6 Å². The van der Waals surface area contributed by atoms with Crippen LogP contribution in [0.1, 0.15) is 72.3 Å². The second-order valence-corrected chi connectivity index (χ2v) is 9.85. The summed E-state index contributed by atoms with van der Waals surface area (Å²) in [5, 5.41) is 14.1. The number of aromatic nitrogens is 5. The number of tetrazole rings is 1. The number of hydrogen-bond donors (Lipinski definition) is 0. The number of pyridine rings is 1. The maximum Gasteiger partial charge on any atom is 0.173 e. The van der Waals surface area contributed by atoms with Crippen molar-refractivity contribution in [3.05, 3.63) is 106 Å². The Labute approximate surface area is 212 Å². The van der Waals surface area contributed by atoms with Crippen LogP contribution in [0.4, 0.5) is 0 Å². The van der Waals surface area contributed by atoms with Crippen molar-refractivity contribution in [2.75, 3.05) is 0 Å². The fraction of sp³-hybridized carbons (Fsp3) is 0.357. The number of aryl methyl sites for hydroxylation is 1. The third-order valence-electron chi connectivity index (χ3n) is 6.88. The van der Waals surface area contributed by atoms with Gasteiger partial charge in [-0.3, -0.25) is 9.88 Å². The van der Waals surface area contributed by atoms with E-state index in [1.807, 2.05) is 36.7 Å². The first-order valence-electron chi connectivity index (χ1n) is 12.4. The minimum absolute atomic E-state index is 0.135. The Kier molecular flexibility index (Phi) is 7.50. The summed E-state index contributed by atoms with van der Waals surface area (Å²) < 4.78 is 2.09. The molecule has 2 heterocycles. The molecule has 0 bridgehead atoms. The zero-order valence-corrected chi connectivity index (χ0v) is 20.8. The zero-order valence-electron chi connectivity index (χ0n) is 20.1. The molecule has 1 aliphatic rings. The molecule has 0 N–H and O–H groups in total.